The Balaban J connectivity index is 1.53. The van der Waals surface area contributed by atoms with Crippen LogP contribution in [-0.2, 0) is 12.8 Å². The van der Waals surface area contributed by atoms with Crippen LogP contribution in [0.5, 0.6) is 0 Å². The zero-order valence-corrected chi connectivity index (χ0v) is 14.9. The largest absolute Gasteiger partial charge is 0.352 e. The molecule has 0 atom stereocenters. The molecule has 0 bridgehead atoms. The number of pyridine rings is 1. The van der Waals surface area contributed by atoms with Crippen molar-refractivity contribution < 1.29 is 4.79 Å². The normalized spacial score (nSPS) is 10.6. The molecule has 0 radical (unpaired) electrons. The third-order valence-electron chi connectivity index (χ3n) is 3.69. The smallest absolute Gasteiger partial charge is 0.340 e. The molecule has 0 saturated carbocycles. The Hall–Kier alpha value is -2.87. The molecule has 0 aliphatic carbocycles. The SMILES string of the molecule is O=C(NCCc1n[nH]c(=O)[nH]1)c1cccnc1SCCc1ccccc1. The fourth-order valence-electron chi connectivity index (χ4n) is 2.40. The van der Waals surface area contributed by atoms with Crippen LogP contribution in [0.4, 0.5) is 0 Å². The van der Waals surface area contributed by atoms with E-state index in [-0.39, 0.29) is 11.6 Å². The first kappa shape index (κ1) is 17.9. The number of amides is 1. The third kappa shape index (κ3) is 5.06. The van der Waals surface area contributed by atoms with Gasteiger partial charge in [-0.25, -0.2) is 14.9 Å². The number of thioether (sulfide) groups is 1. The van der Waals surface area contributed by atoms with Crippen molar-refractivity contribution in [3.63, 3.8) is 0 Å². The lowest BCUT2D eigenvalue weighted by Crippen LogP contribution is -2.26. The van der Waals surface area contributed by atoms with Crippen molar-refractivity contribution in [3.8, 4) is 0 Å². The molecule has 8 heteroatoms. The van der Waals surface area contributed by atoms with Gasteiger partial charge in [-0.1, -0.05) is 30.3 Å². The van der Waals surface area contributed by atoms with E-state index in [1.54, 1.807) is 30.1 Å². The average molecular weight is 369 g/mol. The summed E-state index contributed by atoms with van der Waals surface area (Å²) in [5, 5.41) is 9.66. The van der Waals surface area contributed by atoms with Gasteiger partial charge in [0, 0.05) is 24.9 Å². The van der Waals surface area contributed by atoms with E-state index in [0.29, 0.717) is 29.4 Å². The number of nitrogens with zero attached hydrogens (tertiary/aromatic N) is 2. The van der Waals surface area contributed by atoms with Crippen LogP contribution in [0.3, 0.4) is 0 Å². The maximum absolute atomic E-state index is 12.4. The molecule has 1 aromatic carbocycles. The highest BCUT2D eigenvalue weighted by atomic mass is 32.2. The van der Waals surface area contributed by atoms with Crippen LogP contribution in [0.25, 0.3) is 0 Å². The average Bonchev–Trinajstić information content (AvgIpc) is 3.08. The second-order valence-electron chi connectivity index (χ2n) is 5.57. The number of rotatable bonds is 8. The first-order valence-corrected chi connectivity index (χ1v) is 9.24. The Morgan fingerprint density at radius 1 is 1.12 bits per heavy atom. The van der Waals surface area contributed by atoms with Crippen LogP contribution in [0.2, 0.25) is 0 Å². The highest BCUT2D eigenvalue weighted by molar-refractivity contribution is 7.99. The maximum Gasteiger partial charge on any atom is 0.340 e. The van der Waals surface area contributed by atoms with Gasteiger partial charge in [0.25, 0.3) is 5.91 Å². The van der Waals surface area contributed by atoms with Crippen molar-refractivity contribution in [2.45, 2.75) is 17.9 Å². The molecule has 0 unspecified atom stereocenters. The van der Waals surface area contributed by atoms with Crippen LogP contribution >= 0.6 is 11.8 Å². The van der Waals surface area contributed by atoms with Gasteiger partial charge in [0.05, 0.1) is 5.56 Å². The Morgan fingerprint density at radius 2 is 1.96 bits per heavy atom. The fraction of sp³-hybridized carbons (Fsp3) is 0.222. The number of carbonyl (C=O) groups excluding carboxylic acids is 1. The molecule has 2 aromatic heterocycles. The van der Waals surface area contributed by atoms with E-state index in [0.717, 1.165) is 12.2 Å². The second kappa shape index (κ2) is 9.00. The standard InChI is InChI=1S/C18H19N5O2S/c24-16(19-11-8-15-21-18(25)23-22-15)14-7-4-10-20-17(14)26-12-9-13-5-2-1-3-6-13/h1-7,10H,8-9,11-12H2,(H,19,24)(H2,21,22,23,25). The molecule has 26 heavy (non-hydrogen) atoms. The summed E-state index contributed by atoms with van der Waals surface area (Å²) in [4.78, 5) is 30.3. The summed E-state index contributed by atoms with van der Waals surface area (Å²) in [5.41, 5.74) is 1.46. The van der Waals surface area contributed by atoms with Crippen LogP contribution < -0.4 is 11.0 Å². The first-order chi connectivity index (χ1) is 12.7. The zero-order chi connectivity index (χ0) is 18.2. The van der Waals surface area contributed by atoms with Gasteiger partial charge >= 0.3 is 5.69 Å². The monoisotopic (exact) mass is 369 g/mol. The lowest BCUT2D eigenvalue weighted by atomic mass is 10.2. The van der Waals surface area contributed by atoms with Crippen LogP contribution in [0, 0.1) is 0 Å². The topological polar surface area (TPSA) is 104 Å². The summed E-state index contributed by atoms with van der Waals surface area (Å²) in [6.45, 7) is 0.378. The number of hydrogen-bond donors (Lipinski definition) is 3. The molecule has 0 aliphatic heterocycles. The number of aromatic nitrogens is 4. The molecule has 3 aromatic rings. The van der Waals surface area contributed by atoms with Crippen LogP contribution in [0.15, 0.2) is 58.5 Å². The number of H-pyrrole nitrogens is 2. The van der Waals surface area contributed by atoms with E-state index in [4.69, 9.17) is 0 Å². The summed E-state index contributed by atoms with van der Waals surface area (Å²) in [5.74, 6) is 1.17. The molecule has 3 rings (SSSR count). The molecule has 0 saturated heterocycles. The summed E-state index contributed by atoms with van der Waals surface area (Å²) in [7, 11) is 0. The maximum atomic E-state index is 12.4. The molecule has 7 nitrogen and oxygen atoms in total. The summed E-state index contributed by atoms with van der Waals surface area (Å²) in [6.07, 6.45) is 3.05. The lowest BCUT2D eigenvalue weighted by Gasteiger charge is -2.08. The van der Waals surface area contributed by atoms with Gasteiger partial charge in [-0.15, -0.1) is 11.8 Å². The van der Waals surface area contributed by atoms with Crippen molar-refractivity contribution >= 4 is 17.7 Å². The van der Waals surface area contributed by atoms with E-state index < -0.39 is 0 Å². The lowest BCUT2D eigenvalue weighted by molar-refractivity contribution is 0.0950. The van der Waals surface area contributed by atoms with Crippen molar-refractivity contribution in [3.05, 3.63) is 76.1 Å². The van der Waals surface area contributed by atoms with Gasteiger partial charge in [-0.3, -0.25) is 9.78 Å². The molecule has 134 valence electrons. The summed E-state index contributed by atoms with van der Waals surface area (Å²) < 4.78 is 0. The second-order valence-corrected chi connectivity index (χ2v) is 6.65. The Kier molecular flexibility index (Phi) is 6.21. The van der Waals surface area contributed by atoms with Gasteiger partial charge in [-0.05, 0) is 24.1 Å². The Morgan fingerprint density at radius 3 is 2.73 bits per heavy atom. The molecule has 2 heterocycles. The minimum Gasteiger partial charge on any atom is -0.352 e. The van der Waals surface area contributed by atoms with Gasteiger partial charge < -0.3 is 5.32 Å². The van der Waals surface area contributed by atoms with Crippen molar-refractivity contribution in [1.82, 2.24) is 25.5 Å². The quantitative estimate of drug-likeness (QED) is 0.525. The molecule has 0 fully saturated rings. The van der Waals surface area contributed by atoms with Gasteiger partial charge in [0.15, 0.2) is 0 Å². The zero-order valence-electron chi connectivity index (χ0n) is 14.1. The van der Waals surface area contributed by atoms with Crippen molar-refractivity contribution in [2.75, 3.05) is 12.3 Å². The molecule has 1 amide bonds. The van der Waals surface area contributed by atoms with Gasteiger partial charge in [0.1, 0.15) is 10.9 Å². The van der Waals surface area contributed by atoms with Gasteiger partial charge in [-0.2, -0.15) is 5.10 Å². The predicted octanol–water partition coefficient (Wildman–Crippen LogP) is 1.80. The summed E-state index contributed by atoms with van der Waals surface area (Å²) >= 11 is 1.57. The number of nitrogens with one attached hydrogen (secondary N) is 3. The van der Waals surface area contributed by atoms with E-state index in [9.17, 15) is 9.59 Å². The number of aromatic amines is 2. The molecule has 3 N–H and O–H groups in total. The summed E-state index contributed by atoms with van der Waals surface area (Å²) in [6, 6.07) is 13.7. The molecule has 0 spiro atoms. The Labute approximate surface area is 154 Å². The third-order valence-corrected chi connectivity index (χ3v) is 4.69. The van der Waals surface area contributed by atoms with Crippen LogP contribution in [-0.4, -0.2) is 38.4 Å². The minimum absolute atomic E-state index is 0.182. The van der Waals surface area contributed by atoms with E-state index in [1.165, 1.54) is 5.56 Å². The number of carbonyl (C=O) groups is 1. The number of aryl methyl sites for hydroxylation is 1. The first-order valence-electron chi connectivity index (χ1n) is 8.26. The molecular weight excluding hydrogens is 350 g/mol. The molecule has 0 aliphatic rings. The fourth-order valence-corrected chi connectivity index (χ4v) is 3.38. The Bertz CT molecular complexity index is 907. The van der Waals surface area contributed by atoms with E-state index in [2.05, 4.69) is 37.6 Å². The van der Waals surface area contributed by atoms with E-state index >= 15 is 0 Å². The van der Waals surface area contributed by atoms with E-state index in [1.807, 2.05) is 18.2 Å². The van der Waals surface area contributed by atoms with Crippen molar-refractivity contribution in [1.29, 1.82) is 0 Å². The predicted molar refractivity (Wildman–Crippen MR) is 100 cm³/mol. The highest BCUT2D eigenvalue weighted by Gasteiger charge is 2.12. The number of hydrogen-bond acceptors (Lipinski definition) is 5. The number of benzene rings is 1. The van der Waals surface area contributed by atoms with Crippen LogP contribution in [0.1, 0.15) is 21.7 Å². The van der Waals surface area contributed by atoms with Crippen molar-refractivity contribution in [2.24, 2.45) is 0 Å². The molecular formula is C18H19N5O2S. The minimum atomic E-state index is -0.351. The van der Waals surface area contributed by atoms with Gasteiger partial charge in [0.2, 0.25) is 0 Å². The highest BCUT2D eigenvalue weighted by Crippen LogP contribution is 2.21.